The molecule has 0 fully saturated rings. The van der Waals surface area contributed by atoms with Crippen LogP contribution in [0.15, 0.2) is 54.6 Å². The molecule has 0 saturated heterocycles. The van der Waals surface area contributed by atoms with Crippen LogP contribution in [-0.2, 0) is 0 Å². The zero-order valence-corrected chi connectivity index (χ0v) is 14.4. The number of benzene rings is 2. The van der Waals surface area contributed by atoms with Crippen LogP contribution in [0.2, 0.25) is 0 Å². The summed E-state index contributed by atoms with van der Waals surface area (Å²) in [7, 11) is 1.62. The SMILES string of the molecule is COc1ccc(Nc2cc(Nc3ccc(C(=O)O)cc3)nc(C)n2)cc1. The largest absolute Gasteiger partial charge is 0.497 e. The van der Waals surface area contributed by atoms with E-state index in [1.165, 1.54) is 12.1 Å². The molecule has 3 aromatic rings. The van der Waals surface area contributed by atoms with Gasteiger partial charge >= 0.3 is 5.97 Å². The average Bonchev–Trinajstić information content (AvgIpc) is 2.62. The van der Waals surface area contributed by atoms with E-state index >= 15 is 0 Å². The Bertz CT molecular complexity index is 909. The van der Waals surface area contributed by atoms with E-state index in [1.54, 1.807) is 32.2 Å². The van der Waals surface area contributed by atoms with E-state index in [-0.39, 0.29) is 5.56 Å². The summed E-state index contributed by atoms with van der Waals surface area (Å²) in [6.45, 7) is 1.80. The molecule has 1 heterocycles. The fourth-order valence-electron chi connectivity index (χ4n) is 2.36. The smallest absolute Gasteiger partial charge is 0.335 e. The third-order valence-corrected chi connectivity index (χ3v) is 3.60. The van der Waals surface area contributed by atoms with Gasteiger partial charge in [0.25, 0.3) is 0 Å². The fourth-order valence-corrected chi connectivity index (χ4v) is 2.36. The van der Waals surface area contributed by atoms with Gasteiger partial charge in [0, 0.05) is 17.4 Å². The fraction of sp³-hybridized carbons (Fsp3) is 0.105. The minimum atomic E-state index is -0.958. The van der Waals surface area contributed by atoms with Crippen molar-refractivity contribution in [3.05, 3.63) is 66.0 Å². The second-order valence-corrected chi connectivity index (χ2v) is 5.55. The van der Waals surface area contributed by atoms with E-state index in [1.807, 2.05) is 24.3 Å². The lowest BCUT2D eigenvalue weighted by Gasteiger charge is -2.11. The number of aromatic carboxylic acids is 1. The van der Waals surface area contributed by atoms with E-state index in [0.717, 1.165) is 17.1 Å². The van der Waals surface area contributed by atoms with Crippen LogP contribution in [0.25, 0.3) is 0 Å². The Labute approximate surface area is 150 Å². The number of methoxy groups -OCH3 is 1. The van der Waals surface area contributed by atoms with Crippen molar-refractivity contribution in [2.45, 2.75) is 6.92 Å². The van der Waals surface area contributed by atoms with Crippen molar-refractivity contribution in [3.8, 4) is 5.75 Å². The molecule has 0 aliphatic rings. The summed E-state index contributed by atoms with van der Waals surface area (Å²) in [6, 6.07) is 15.8. The van der Waals surface area contributed by atoms with Crippen molar-refractivity contribution >= 4 is 29.0 Å². The standard InChI is InChI=1S/C19H18N4O3/c1-12-20-17(22-14-5-3-13(4-6-14)19(24)25)11-18(21-12)23-15-7-9-16(26-2)10-8-15/h3-11H,1-2H3,(H,24,25)(H2,20,21,22,23). The number of carboxylic acids is 1. The molecule has 7 heteroatoms. The summed E-state index contributed by atoms with van der Waals surface area (Å²) in [5.74, 6) is 1.68. The zero-order valence-electron chi connectivity index (χ0n) is 14.4. The first-order chi connectivity index (χ1) is 12.5. The van der Waals surface area contributed by atoms with E-state index in [0.29, 0.717) is 17.5 Å². The molecule has 0 atom stereocenters. The highest BCUT2D eigenvalue weighted by atomic mass is 16.5. The Morgan fingerprint density at radius 1 is 0.923 bits per heavy atom. The summed E-state index contributed by atoms with van der Waals surface area (Å²) >= 11 is 0. The van der Waals surface area contributed by atoms with Crippen LogP contribution in [0.3, 0.4) is 0 Å². The van der Waals surface area contributed by atoms with Gasteiger partial charge in [0.1, 0.15) is 23.2 Å². The van der Waals surface area contributed by atoms with Crippen LogP contribution in [0.1, 0.15) is 16.2 Å². The minimum Gasteiger partial charge on any atom is -0.497 e. The Kier molecular flexibility index (Phi) is 4.98. The molecule has 0 saturated carbocycles. The van der Waals surface area contributed by atoms with Gasteiger partial charge in [0.15, 0.2) is 0 Å². The third kappa shape index (κ3) is 4.27. The Hall–Kier alpha value is -3.61. The number of hydrogen-bond acceptors (Lipinski definition) is 6. The Morgan fingerprint density at radius 2 is 1.42 bits per heavy atom. The molecule has 3 N–H and O–H groups in total. The molecule has 0 unspecified atom stereocenters. The number of carbonyl (C=O) groups is 1. The van der Waals surface area contributed by atoms with Gasteiger partial charge in [-0.15, -0.1) is 0 Å². The Balaban J connectivity index is 1.77. The molecule has 26 heavy (non-hydrogen) atoms. The average molecular weight is 350 g/mol. The molecule has 0 radical (unpaired) electrons. The monoisotopic (exact) mass is 350 g/mol. The van der Waals surface area contributed by atoms with E-state index in [9.17, 15) is 4.79 Å². The number of anilines is 4. The lowest BCUT2D eigenvalue weighted by Crippen LogP contribution is -2.02. The number of hydrogen-bond donors (Lipinski definition) is 3. The van der Waals surface area contributed by atoms with Crippen LogP contribution in [-0.4, -0.2) is 28.2 Å². The lowest BCUT2D eigenvalue weighted by atomic mass is 10.2. The molecule has 132 valence electrons. The molecular formula is C19H18N4O3. The third-order valence-electron chi connectivity index (χ3n) is 3.60. The summed E-state index contributed by atoms with van der Waals surface area (Å²) in [4.78, 5) is 19.7. The van der Waals surface area contributed by atoms with E-state index in [2.05, 4.69) is 20.6 Å². The molecule has 3 rings (SSSR count). The second-order valence-electron chi connectivity index (χ2n) is 5.55. The lowest BCUT2D eigenvalue weighted by molar-refractivity contribution is 0.0697. The highest BCUT2D eigenvalue weighted by molar-refractivity contribution is 5.88. The molecule has 0 aliphatic heterocycles. The quantitative estimate of drug-likeness (QED) is 0.619. The van der Waals surface area contributed by atoms with Crippen LogP contribution in [0.4, 0.5) is 23.0 Å². The van der Waals surface area contributed by atoms with Crippen molar-refractivity contribution in [2.24, 2.45) is 0 Å². The molecule has 2 aromatic carbocycles. The number of aromatic nitrogens is 2. The first kappa shape index (κ1) is 17.2. The first-order valence-corrected chi connectivity index (χ1v) is 7.90. The number of rotatable bonds is 6. The predicted molar refractivity (Wildman–Crippen MR) is 99.7 cm³/mol. The van der Waals surface area contributed by atoms with Crippen molar-refractivity contribution in [1.29, 1.82) is 0 Å². The maximum atomic E-state index is 10.9. The molecule has 0 aliphatic carbocycles. The zero-order chi connectivity index (χ0) is 18.5. The summed E-state index contributed by atoms with van der Waals surface area (Å²) in [5, 5.41) is 15.3. The first-order valence-electron chi connectivity index (χ1n) is 7.90. The van der Waals surface area contributed by atoms with E-state index in [4.69, 9.17) is 9.84 Å². The highest BCUT2D eigenvalue weighted by Crippen LogP contribution is 2.22. The van der Waals surface area contributed by atoms with Gasteiger partial charge < -0.3 is 20.5 Å². The van der Waals surface area contributed by atoms with Crippen molar-refractivity contribution in [2.75, 3.05) is 17.7 Å². The minimum absolute atomic E-state index is 0.233. The van der Waals surface area contributed by atoms with Crippen LogP contribution >= 0.6 is 0 Å². The van der Waals surface area contributed by atoms with Gasteiger partial charge in [0.05, 0.1) is 12.7 Å². The molecular weight excluding hydrogens is 332 g/mol. The second kappa shape index (κ2) is 7.52. The molecule has 7 nitrogen and oxygen atoms in total. The normalized spacial score (nSPS) is 10.2. The highest BCUT2D eigenvalue weighted by Gasteiger charge is 2.05. The van der Waals surface area contributed by atoms with E-state index < -0.39 is 5.97 Å². The Morgan fingerprint density at radius 3 is 1.88 bits per heavy atom. The van der Waals surface area contributed by atoms with Gasteiger partial charge in [0.2, 0.25) is 0 Å². The number of nitrogens with zero attached hydrogens (tertiary/aromatic N) is 2. The van der Waals surface area contributed by atoms with Gasteiger partial charge in [-0.25, -0.2) is 14.8 Å². The summed E-state index contributed by atoms with van der Waals surface area (Å²) in [5.41, 5.74) is 1.85. The van der Waals surface area contributed by atoms with Gasteiger partial charge in [-0.2, -0.15) is 0 Å². The van der Waals surface area contributed by atoms with Crippen molar-refractivity contribution < 1.29 is 14.6 Å². The number of nitrogens with one attached hydrogen (secondary N) is 2. The molecule has 0 amide bonds. The van der Waals surface area contributed by atoms with Gasteiger partial charge in [-0.3, -0.25) is 0 Å². The topological polar surface area (TPSA) is 96.4 Å². The van der Waals surface area contributed by atoms with Crippen LogP contribution in [0.5, 0.6) is 5.75 Å². The number of carboxylic acid groups (broad SMARTS) is 1. The van der Waals surface area contributed by atoms with Crippen molar-refractivity contribution in [3.63, 3.8) is 0 Å². The van der Waals surface area contributed by atoms with Gasteiger partial charge in [-0.05, 0) is 55.5 Å². The van der Waals surface area contributed by atoms with Crippen LogP contribution < -0.4 is 15.4 Å². The molecule has 0 spiro atoms. The number of aryl methyl sites for hydroxylation is 1. The summed E-state index contributed by atoms with van der Waals surface area (Å²) < 4.78 is 5.15. The van der Waals surface area contributed by atoms with Crippen molar-refractivity contribution in [1.82, 2.24) is 9.97 Å². The molecule has 1 aromatic heterocycles. The predicted octanol–water partition coefficient (Wildman–Crippen LogP) is 3.98. The van der Waals surface area contributed by atoms with Gasteiger partial charge in [-0.1, -0.05) is 0 Å². The summed E-state index contributed by atoms with van der Waals surface area (Å²) in [6.07, 6.45) is 0. The van der Waals surface area contributed by atoms with Crippen LogP contribution in [0, 0.1) is 6.92 Å². The maximum Gasteiger partial charge on any atom is 0.335 e. The number of ether oxygens (including phenoxy) is 1. The molecule has 0 bridgehead atoms. The maximum absolute atomic E-state index is 10.9.